The van der Waals surface area contributed by atoms with Gasteiger partial charge in [0.25, 0.3) is 5.91 Å². The predicted octanol–water partition coefficient (Wildman–Crippen LogP) is 1.93. The molecule has 0 fully saturated rings. The average molecular weight is 244 g/mol. The Hall–Kier alpha value is -2.69. The maximum atomic E-state index is 11.8. The standard InChI is InChI=1S/C13H12N2O3/c14-11-5-4-8(6-12(11)17)13(18)15-9-2-1-3-10(16)7-9/h1-7,16-17H,14H2,(H,15,18). The second kappa shape index (κ2) is 4.67. The lowest BCUT2D eigenvalue weighted by molar-refractivity contribution is 0.102. The Morgan fingerprint density at radius 2 is 1.89 bits per heavy atom. The van der Waals surface area contributed by atoms with E-state index >= 15 is 0 Å². The first-order valence-electron chi connectivity index (χ1n) is 5.25. The van der Waals surface area contributed by atoms with Crippen LogP contribution in [-0.4, -0.2) is 16.1 Å². The third-order valence-electron chi connectivity index (χ3n) is 2.40. The summed E-state index contributed by atoms with van der Waals surface area (Å²) in [6.45, 7) is 0. The minimum Gasteiger partial charge on any atom is -0.508 e. The molecule has 0 aromatic heterocycles. The van der Waals surface area contributed by atoms with Crippen molar-refractivity contribution in [1.82, 2.24) is 0 Å². The fraction of sp³-hybridized carbons (Fsp3) is 0. The van der Waals surface area contributed by atoms with E-state index in [0.717, 1.165) is 0 Å². The minimum atomic E-state index is -0.393. The zero-order valence-corrected chi connectivity index (χ0v) is 9.42. The molecule has 0 unspecified atom stereocenters. The van der Waals surface area contributed by atoms with Gasteiger partial charge in [-0.1, -0.05) is 6.07 Å². The molecule has 2 aromatic rings. The molecule has 5 nitrogen and oxygen atoms in total. The Morgan fingerprint density at radius 1 is 1.11 bits per heavy atom. The van der Waals surface area contributed by atoms with Gasteiger partial charge in [0, 0.05) is 17.3 Å². The molecule has 5 N–H and O–H groups in total. The van der Waals surface area contributed by atoms with Gasteiger partial charge >= 0.3 is 0 Å². The normalized spacial score (nSPS) is 10.0. The van der Waals surface area contributed by atoms with E-state index in [0.29, 0.717) is 5.69 Å². The number of hydrogen-bond donors (Lipinski definition) is 4. The summed E-state index contributed by atoms with van der Waals surface area (Å²) in [5.41, 5.74) is 6.41. The predicted molar refractivity (Wildman–Crippen MR) is 68.6 cm³/mol. The van der Waals surface area contributed by atoms with E-state index < -0.39 is 5.91 Å². The van der Waals surface area contributed by atoms with Gasteiger partial charge in [0.15, 0.2) is 0 Å². The number of amides is 1. The minimum absolute atomic E-state index is 0.0629. The van der Waals surface area contributed by atoms with Crippen LogP contribution in [0.15, 0.2) is 42.5 Å². The Balaban J connectivity index is 2.19. The zero-order valence-electron chi connectivity index (χ0n) is 9.42. The molecule has 0 heterocycles. The second-order valence-electron chi connectivity index (χ2n) is 3.78. The van der Waals surface area contributed by atoms with Crippen molar-refractivity contribution in [3.63, 3.8) is 0 Å². The van der Waals surface area contributed by atoms with Gasteiger partial charge in [0.05, 0.1) is 5.69 Å². The second-order valence-corrected chi connectivity index (χ2v) is 3.78. The quantitative estimate of drug-likeness (QED) is 0.479. The fourth-order valence-electron chi connectivity index (χ4n) is 1.47. The number of aromatic hydroxyl groups is 2. The van der Waals surface area contributed by atoms with Gasteiger partial charge in [0.1, 0.15) is 11.5 Å². The number of rotatable bonds is 2. The number of nitrogens with two attached hydrogens (primary N) is 1. The highest BCUT2D eigenvalue weighted by atomic mass is 16.3. The van der Waals surface area contributed by atoms with Gasteiger partial charge < -0.3 is 21.3 Å². The van der Waals surface area contributed by atoms with Gasteiger partial charge in [-0.05, 0) is 30.3 Å². The molecular formula is C13H12N2O3. The molecule has 2 rings (SSSR count). The largest absolute Gasteiger partial charge is 0.508 e. The van der Waals surface area contributed by atoms with Crippen molar-refractivity contribution in [1.29, 1.82) is 0 Å². The van der Waals surface area contributed by atoms with Gasteiger partial charge in [-0.3, -0.25) is 4.79 Å². The van der Waals surface area contributed by atoms with Crippen LogP contribution in [0.25, 0.3) is 0 Å². The summed E-state index contributed by atoms with van der Waals surface area (Å²) in [7, 11) is 0. The molecule has 0 saturated carbocycles. The van der Waals surface area contributed by atoms with Crippen LogP contribution in [0.1, 0.15) is 10.4 Å². The molecule has 0 aliphatic heterocycles. The van der Waals surface area contributed by atoms with E-state index in [1.807, 2.05) is 0 Å². The first kappa shape index (κ1) is 11.8. The number of phenols is 2. The molecule has 2 aromatic carbocycles. The van der Waals surface area contributed by atoms with Gasteiger partial charge in [-0.15, -0.1) is 0 Å². The fourth-order valence-corrected chi connectivity index (χ4v) is 1.47. The van der Waals surface area contributed by atoms with Crippen LogP contribution in [0.5, 0.6) is 11.5 Å². The number of phenolic OH excluding ortho intramolecular Hbond substituents is 2. The van der Waals surface area contributed by atoms with Crippen molar-refractivity contribution < 1.29 is 15.0 Å². The van der Waals surface area contributed by atoms with Gasteiger partial charge in [-0.25, -0.2) is 0 Å². The summed E-state index contributed by atoms with van der Waals surface area (Å²) in [5.74, 6) is -0.470. The monoisotopic (exact) mass is 244 g/mol. The van der Waals surface area contributed by atoms with E-state index in [-0.39, 0.29) is 22.7 Å². The van der Waals surface area contributed by atoms with Crippen LogP contribution in [0.2, 0.25) is 0 Å². The molecule has 0 bridgehead atoms. The molecular weight excluding hydrogens is 232 g/mol. The summed E-state index contributed by atoms with van der Waals surface area (Å²) in [6.07, 6.45) is 0. The Morgan fingerprint density at radius 3 is 2.56 bits per heavy atom. The van der Waals surface area contributed by atoms with Crippen LogP contribution < -0.4 is 11.1 Å². The van der Waals surface area contributed by atoms with Crippen LogP contribution in [0, 0.1) is 0 Å². The third-order valence-corrected chi connectivity index (χ3v) is 2.40. The Kier molecular flexibility index (Phi) is 3.05. The molecule has 0 saturated heterocycles. The number of benzene rings is 2. The number of hydrogen-bond acceptors (Lipinski definition) is 4. The highest BCUT2D eigenvalue weighted by Crippen LogP contribution is 2.22. The lowest BCUT2D eigenvalue weighted by atomic mass is 10.1. The lowest BCUT2D eigenvalue weighted by Crippen LogP contribution is -2.11. The van der Waals surface area contributed by atoms with Crippen molar-refractivity contribution >= 4 is 17.3 Å². The van der Waals surface area contributed by atoms with Gasteiger partial charge in [0.2, 0.25) is 0 Å². The average Bonchev–Trinajstić information content (AvgIpc) is 2.32. The number of nitrogen functional groups attached to an aromatic ring is 1. The molecule has 1 amide bonds. The summed E-state index contributed by atoms with van der Waals surface area (Å²) >= 11 is 0. The van der Waals surface area contributed by atoms with E-state index in [1.165, 1.54) is 30.3 Å². The highest BCUT2D eigenvalue weighted by molar-refractivity contribution is 6.04. The van der Waals surface area contributed by atoms with Crippen molar-refractivity contribution in [2.24, 2.45) is 0 Å². The van der Waals surface area contributed by atoms with Crippen LogP contribution in [0.3, 0.4) is 0 Å². The van der Waals surface area contributed by atoms with E-state index in [2.05, 4.69) is 5.32 Å². The number of carbonyl (C=O) groups excluding carboxylic acids is 1. The van der Waals surface area contributed by atoms with Gasteiger partial charge in [-0.2, -0.15) is 0 Å². The molecule has 0 spiro atoms. The molecule has 0 radical (unpaired) electrons. The topological polar surface area (TPSA) is 95.6 Å². The lowest BCUT2D eigenvalue weighted by Gasteiger charge is -2.06. The van der Waals surface area contributed by atoms with Crippen molar-refractivity contribution in [3.05, 3.63) is 48.0 Å². The molecule has 0 atom stereocenters. The molecule has 92 valence electrons. The highest BCUT2D eigenvalue weighted by Gasteiger charge is 2.08. The van der Waals surface area contributed by atoms with E-state index in [9.17, 15) is 15.0 Å². The Bertz CT molecular complexity index is 597. The number of anilines is 2. The maximum Gasteiger partial charge on any atom is 0.255 e. The first-order valence-corrected chi connectivity index (χ1v) is 5.25. The number of carbonyl (C=O) groups is 1. The molecule has 0 aliphatic carbocycles. The molecule has 18 heavy (non-hydrogen) atoms. The number of nitrogens with one attached hydrogen (secondary N) is 1. The molecule has 5 heteroatoms. The summed E-state index contributed by atoms with van der Waals surface area (Å²) in [6, 6.07) is 10.4. The van der Waals surface area contributed by atoms with Crippen molar-refractivity contribution in [3.8, 4) is 11.5 Å². The third kappa shape index (κ3) is 2.52. The maximum absolute atomic E-state index is 11.8. The van der Waals surface area contributed by atoms with Crippen LogP contribution >= 0.6 is 0 Å². The molecule has 0 aliphatic rings. The summed E-state index contributed by atoms with van der Waals surface area (Å²) < 4.78 is 0. The first-order chi connectivity index (χ1) is 8.56. The summed E-state index contributed by atoms with van der Waals surface area (Å²) in [5, 5.41) is 21.3. The van der Waals surface area contributed by atoms with Crippen molar-refractivity contribution in [2.75, 3.05) is 11.1 Å². The van der Waals surface area contributed by atoms with E-state index in [1.54, 1.807) is 12.1 Å². The smallest absolute Gasteiger partial charge is 0.255 e. The summed E-state index contributed by atoms with van der Waals surface area (Å²) in [4.78, 5) is 11.8. The SMILES string of the molecule is Nc1ccc(C(=O)Nc2cccc(O)c2)cc1O. The van der Waals surface area contributed by atoms with Crippen molar-refractivity contribution in [2.45, 2.75) is 0 Å². The Labute approximate surface area is 103 Å². The zero-order chi connectivity index (χ0) is 13.1. The van der Waals surface area contributed by atoms with Crippen LogP contribution in [0.4, 0.5) is 11.4 Å². The van der Waals surface area contributed by atoms with Crippen LogP contribution in [-0.2, 0) is 0 Å². The van der Waals surface area contributed by atoms with E-state index in [4.69, 9.17) is 5.73 Å².